The van der Waals surface area contributed by atoms with Gasteiger partial charge in [-0.15, -0.1) is 11.8 Å². The molecule has 1 aliphatic rings. The van der Waals surface area contributed by atoms with E-state index in [0.717, 1.165) is 33.1 Å². The van der Waals surface area contributed by atoms with Gasteiger partial charge in [-0.05, 0) is 61.4 Å². The molecule has 1 fully saturated rings. The first-order valence-electron chi connectivity index (χ1n) is 8.75. The van der Waals surface area contributed by atoms with Crippen molar-refractivity contribution >= 4 is 29.7 Å². The van der Waals surface area contributed by atoms with Crippen molar-refractivity contribution < 1.29 is 14.3 Å². The van der Waals surface area contributed by atoms with Crippen LogP contribution < -0.4 is 9.47 Å². The number of hydrogen-bond acceptors (Lipinski definition) is 4. The van der Waals surface area contributed by atoms with Crippen molar-refractivity contribution in [1.82, 2.24) is 0 Å². The highest BCUT2D eigenvalue weighted by Gasteiger charge is 2.23. The van der Waals surface area contributed by atoms with E-state index in [4.69, 9.17) is 9.47 Å². The lowest BCUT2D eigenvalue weighted by Gasteiger charge is -2.03. The summed E-state index contributed by atoms with van der Waals surface area (Å²) < 4.78 is 10.9. The van der Waals surface area contributed by atoms with E-state index in [0.29, 0.717) is 19.0 Å². The molecule has 0 radical (unpaired) electrons. The summed E-state index contributed by atoms with van der Waals surface area (Å²) in [5, 5.41) is 0. The summed E-state index contributed by atoms with van der Waals surface area (Å²) >= 11 is 1.59. The van der Waals surface area contributed by atoms with Crippen LogP contribution in [0.15, 0.2) is 59.0 Å². The molecule has 2 aromatic carbocycles. The number of ketones is 1. The fraction of sp³-hybridized carbons (Fsp3) is 0.227. The molecule has 3 rings (SSSR count). The van der Waals surface area contributed by atoms with Gasteiger partial charge in [-0.3, -0.25) is 4.79 Å². The van der Waals surface area contributed by atoms with Crippen molar-refractivity contribution in [1.29, 1.82) is 0 Å². The van der Waals surface area contributed by atoms with Gasteiger partial charge in [-0.2, -0.15) is 0 Å². The van der Waals surface area contributed by atoms with E-state index in [-0.39, 0.29) is 5.78 Å². The van der Waals surface area contributed by atoms with E-state index in [1.165, 1.54) is 0 Å². The molecule has 0 unspecified atom stereocenters. The molecule has 1 aliphatic heterocycles. The third-order valence-corrected chi connectivity index (χ3v) is 4.99. The largest absolute Gasteiger partial charge is 0.494 e. The first-order chi connectivity index (χ1) is 12.7. The molecule has 4 heteroatoms. The standard InChI is InChI=1S/C22H22O3S/c1-3-24-19-9-5-16(6-10-19)13-18-15-26-21(22(18)23)14-17-7-11-20(12-8-17)25-4-2/h5-14H,3-4,15H2,1-2H3/b18-13+,21-14-. The van der Waals surface area contributed by atoms with Gasteiger partial charge < -0.3 is 9.47 Å². The van der Waals surface area contributed by atoms with Crippen LogP contribution in [0.25, 0.3) is 12.2 Å². The van der Waals surface area contributed by atoms with E-state index in [1.54, 1.807) is 11.8 Å². The molecule has 0 bridgehead atoms. The summed E-state index contributed by atoms with van der Waals surface area (Å²) in [6.07, 6.45) is 3.91. The Morgan fingerprint density at radius 3 is 1.85 bits per heavy atom. The number of thioether (sulfide) groups is 1. The minimum Gasteiger partial charge on any atom is -0.494 e. The van der Waals surface area contributed by atoms with Crippen LogP contribution in [0.2, 0.25) is 0 Å². The van der Waals surface area contributed by atoms with Gasteiger partial charge in [0.15, 0.2) is 5.78 Å². The average Bonchev–Trinajstić information content (AvgIpc) is 2.99. The van der Waals surface area contributed by atoms with Gasteiger partial charge in [0.2, 0.25) is 0 Å². The van der Waals surface area contributed by atoms with Crippen LogP contribution in [0, 0.1) is 0 Å². The number of allylic oxidation sites excluding steroid dienone is 1. The van der Waals surface area contributed by atoms with Crippen molar-refractivity contribution in [2.75, 3.05) is 19.0 Å². The van der Waals surface area contributed by atoms with Gasteiger partial charge in [0.05, 0.1) is 18.1 Å². The average molecular weight is 366 g/mol. The molecule has 0 spiro atoms. The predicted molar refractivity (Wildman–Crippen MR) is 109 cm³/mol. The Hall–Kier alpha value is -2.46. The topological polar surface area (TPSA) is 35.5 Å². The van der Waals surface area contributed by atoms with Crippen molar-refractivity contribution in [2.24, 2.45) is 0 Å². The van der Waals surface area contributed by atoms with Crippen LogP contribution in [-0.4, -0.2) is 24.7 Å². The SMILES string of the molecule is CCOc1ccc(/C=C2\CS/C(=C\c3ccc(OCC)cc3)C2=O)cc1. The Labute approximate surface area is 158 Å². The van der Waals surface area contributed by atoms with Crippen LogP contribution >= 0.6 is 11.8 Å². The molecule has 0 aliphatic carbocycles. The minimum atomic E-state index is 0.109. The molecule has 0 N–H and O–H groups in total. The minimum absolute atomic E-state index is 0.109. The number of hydrogen-bond donors (Lipinski definition) is 0. The first kappa shape index (κ1) is 18.3. The molecule has 0 saturated carbocycles. The molecule has 0 aromatic heterocycles. The van der Waals surface area contributed by atoms with E-state index in [1.807, 2.05) is 74.5 Å². The summed E-state index contributed by atoms with van der Waals surface area (Å²) in [5.74, 6) is 2.50. The van der Waals surface area contributed by atoms with Gasteiger partial charge in [-0.1, -0.05) is 24.3 Å². The normalized spacial score (nSPS) is 17.1. The Morgan fingerprint density at radius 1 is 0.846 bits per heavy atom. The second kappa shape index (κ2) is 8.77. The zero-order chi connectivity index (χ0) is 18.4. The maximum Gasteiger partial charge on any atom is 0.196 e. The van der Waals surface area contributed by atoms with Crippen LogP contribution in [0.3, 0.4) is 0 Å². The summed E-state index contributed by atoms with van der Waals surface area (Å²) in [6, 6.07) is 15.6. The molecule has 2 aromatic rings. The highest BCUT2D eigenvalue weighted by molar-refractivity contribution is 8.05. The number of carbonyl (C=O) groups excluding carboxylic acids is 1. The Kier molecular flexibility index (Phi) is 6.18. The Bertz CT molecular complexity index is 748. The fourth-order valence-corrected chi connectivity index (χ4v) is 3.67. The number of ether oxygens (including phenoxy) is 2. The number of rotatable bonds is 6. The van der Waals surface area contributed by atoms with E-state index < -0.39 is 0 Å². The summed E-state index contributed by atoms with van der Waals surface area (Å²) in [5.41, 5.74) is 2.85. The van der Waals surface area contributed by atoms with Gasteiger partial charge >= 0.3 is 0 Å². The third kappa shape index (κ3) is 4.58. The van der Waals surface area contributed by atoms with Crippen molar-refractivity contribution in [2.45, 2.75) is 13.8 Å². The molecule has 0 amide bonds. The lowest BCUT2D eigenvalue weighted by Crippen LogP contribution is -1.96. The summed E-state index contributed by atoms with van der Waals surface area (Å²) in [7, 11) is 0. The van der Waals surface area contributed by atoms with Crippen molar-refractivity contribution in [3.05, 3.63) is 70.1 Å². The lowest BCUT2D eigenvalue weighted by atomic mass is 10.1. The molecule has 134 valence electrons. The number of benzene rings is 2. The second-order valence-electron chi connectivity index (χ2n) is 5.80. The number of carbonyl (C=O) groups is 1. The van der Waals surface area contributed by atoms with Crippen LogP contribution in [0.1, 0.15) is 25.0 Å². The monoisotopic (exact) mass is 366 g/mol. The second-order valence-corrected chi connectivity index (χ2v) is 6.82. The highest BCUT2D eigenvalue weighted by Crippen LogP contribution is 2.34. The van der Waals surface area contributed by atoms with Crippen LogP contribution in [-0.2, 0) is 4.79 Å². The maximum absolute atomic E-state index is 12.6. The van der Waals surface area contributed by atoms with Gasteiger partial charge in [0, 0.05) is 11.3 Å². The van der Waals surface area contributed by atoms with E-state index in [9.17, 15) is 4.79 Å². The van der Waals surface area contributed by atoms with Crippen LogP contribution in [0.5, 0.6) is 11.5 Å². The quantitative estimate of drug-likeness (QED) is 0.656. The Balaban J connectivity index is 1.72. The first-order valence-corrected chi connectivity index (χ1v) is 9.73. The smallest absolute Gasteiger partial charge is 0.196 e. The molecular weight excluding hydrogens is 344 g/mol. The lowest BCUT2D eigenvalue weighted by molar-refractivity contribution is -0.111. The fourth-order valence-electron chi connectivity index (χ4n) is 2.67. The molecule has 26 heavy (non-hydrogen) atoms. The molecule has 0 atom stereocenters. The molecule has 1 heterocycles. The van der Waals surface area contributed by atoms with Gasteiger partial charge in [0.1, 0.15) is 11.5 Å². The highest BCUT2D eigenvalue weighted by atomic mass is 32.2. The molecule has 1 saturated heterocycles. The van der Waals surface area contributed by atoms with Crippen LogP contribution in [0.4, 0.5) is 0 Å². The Morgan fingerprint density at radius 2 is 1.35 bits per heavy atom. The zero-order valence-corrected chi connectivity index (χ0v) is 15.8. The van der Waals surface area contributed by atoms with Crippen molar-refractivity contribution in [3.8, 4) is 11.5 Å². The van der Waals surface area contributed by atoms with Gasteiger partial charge in [-0.25, -0.2) is 0 Å². The van der Waals surface area contributed by atoms with E-state index in [2.05, 4.69) is 0 Å². The zero-order valence-electron chi connectivity index (χ0n) is 15.0. The maximum atomic E-state index is 12.6. The summed E-state index contributed by atoms with van der Waals surface area (Å²) in [6.45, 7) is 5.22. The molecular formula is C22H22O3S. The van der Waals surface area contributed by atoms with Crippen molar-refractivity contribution in [3.63, 3.8) is 0 Å². The third-order valence-electron chi connectivity index (χ3n) is 3.92. The molecule has 3 nitrogen and oxygen atoms in total. The predicted octanol–water partition coefficient (Wildman–Crippen LogP) is 5.22. The number of Topliss-reactive ketones (excluding diaryl/α,β-unsaturated/α-hetero) is 1. The van der Waals surface area contributed by atoms with Gasteiger partial charge in [0.25, 0.3) is 0 Å². The summed E-state index contributed by atoms with van der Waals surface area (Å²) in [4.78, 5) is 13.4. The van der Waals surface area contributed by atoms with E-state index >= 15 is 0 Å².